The second-order valence-electron chi connectivity index (χ2n) is 3.19. The maximum atomic E-state index is 9.31. The molecule has 1 aliphatic rings. The van der Waals surface area contributed by atoms with E-state index in [4.69, 9.17) is 0 Å². The fraction of sp³-hybridized carbons (Fsp3) is 1.00. The van der Waals surface area contributed by atoms with E-state index in [9.17, 15) is 5.11 Å². The average Bonchev–Trinajstić information content (AvgIpc) is 2.05. The normalized spacial score (nSPS) is 25.4. The third kappa shape index (κ3) is 2.65. The summed E-state index contributed by atoms with van der Waals surface area (Å²) in [5, 5.41) is 9.31. The molecule has 3 heteroatoms. The van der Waals surface area contributed by atoms with Crippen LogP contribution in [0.3, 0.4) is 0 Å². The smallest absolute Gasteiger partial charge is 0.0541 e. The summed E-state index contributed by atoms with van der Waals surface area (Å²) >= 11 is 1.81. The van der Waals surface area contributed by atoms with Gasteiger partial charge in [-0.05, 0) is 31.9 Å². The predicted molar refractivity (Wildman–Crippen MR) is 49.5 cm³/mol. The Bertz CT molecular complexity index is 111. The number of aliphatic hydroxyl groups excluding tert-OH is 1. The van der Waals surface area contributed by atoms with E-state index in [2.05, 4.69) is 10.6 Å². The molecule has 1 unspecified atom stereocenters. The van der Waals surface area contributed by atoms with Crippen LogP contribution in [0.1, 0.15) is 19.8 Å². The maximum Gasteiger partial charge on any atom is 0.0541 e. The van der Waals surface area contributed by atoms with Gasteiger partial charge in [0.15, 0.2) is 0 Å². The van der Waals surface area contributed by atoms with Crippen LogP contribution in [0, 0.1) is 5.92 Å². The molecule has 0 saturated carbocycles. The van der Waals surface area contributed by atoms with Gasteiger partial charge in [-0.1, -0.05) is 11.9 Å². The topological polar surface area (TPSA) is 23.5 Å². The van der Waals surface area contributed by atoms with Crippen molar-refractivity contribution >= 4 is 11.9 Å². The Morgan fingerprint density at radius 1 is 1.45 bits per heavy atom. The molecule has 0 radical (unpaired) electrons. The summed E-state index contributed by atoms with van der Waals surface area (Å²) in [5.41, 5.74) is 0. The van der Waals surface area contributed by atoms with Gasteiger partial charge in [0, 0.05) is 13.1 Å². The molecule has 1 heterocycles. The minimum absolute atomic E-state index is 0.112. The monoisotopic (exact) mass is 175 g/mol. The summed E-state index contributed by atoms with van der Waals surface area (Å²) in [6, 6.07) is 0. The maximum absolute atomic E-state index is 9.31. The molecule has 0 aromatic heterocycles. The van der Waals surface area contributed by atoms with Gasteiger partial charge in [-0.25, -0.2) is 0 Å². The van der Waals surface area contributed by atoms with Crippen LogP contribution in [0.25, 0.3) is 0 Å². The number of rotatable bonds is 2. The van der Waals surface area contributed by atoms with Crippen molar-refractivity contribution in [3.63, 3.8) is 0 Å². The summed E-state index contributed by atoms with van der Waals surface area (Å²) in [6.07, 6.45) is 4.30. The van der Waals surface area contributed by atoms with Crippen molar-refractivity contribution < 1.29 is 5.11 Å². The first-order chi connectivity index (χ1) is 5.24. The molecule has 0 amide bonds. The van der Waals surface area contributed by atoms with Crippen LogP contribution >= 0.6 is 11.9 Å². The minimum atomic E-state index is -0.112. The molecule has 0 aliphatic carbocycles. The molecule has 1 N–H and O–H groups in total. The Labute approximate surface area is 73.1 Å². The van der Waals surface area contributed by atoms with Crippen LogP contribution in [0.15, 0.2) is 0 Å². The van der Waals surface area contributed by atoms with E-state index in [1.165, 1.54) is 0 Å². The van der Waals surface area contributed by atoms with Crippen molar-refractivity contribution in [2.45, 2.75) is 25.9 Å². The average molecular weight is 175 g/mol. The van der Waals surface area contributed by atoms with Crippen molar-refractivity contribution in [3.05, 3.63) is 0 Å². The van der Waals surface area contributed by atoms with Crippen molar-refractivity contribution in [2.24, 2.45) is 5.92 Å². The van der Waals surface area contributed by atoms with E-state index >= 15 is 0 Å². The van der Waals surface area contributed by atoms with Crippen molar-refractivity contribution in [2.75, 3.05) is 19.3 Å². The third-order valence-electron chi connectivity index (χ3n) is 2.44. The SMILES string of the molecule is CSN1CCC(C(C)O)CC1. The first kappa shape index (κ1) is 9.36. The van der Waals surface area contributed by atoms with E-state index in [1.807, 2.05) is 18.9 Å². The van der Waals surface area contributed by atoms with Crippen LogP contribution in [0.5, 0.6) is 0 Å². The molecule has 1 aliphatic heterocycles. The standard InChI is InChI=1S/C8H17NOS/c1-7(10)8-3-5-9(11-2)6-4-8/h7-8,10H,3-6H2,1-2H3. The zero-order valence-corrected chi connectivity index (χ0v) is 8.10. The Hall–Kier alpha value is 0.270. The Morgan fingerprint density at radius 3 is 2.36 bits per heavy atom. The lowest BCUT2D eigenvalue weighted by atomic mass is 9.93. The number of aliphatic hydroxyl groups is 1. The van der Waals surface area contributed by atoms with Gasteiger partial charge in [-0.2, -0.15) is 0 Å². The fourth-order valence-electron chi connectivity index (χ4n) is 1.54. The van der Waals surface area contributed by atoms with Crippen molar-refractivity contribution in [1.29, 1.82) is 0 Å². The number of hydrogen-bond acceptors (Lipinski definition) is 3. The van der Waals surface area contributed by atoms with Gasteiger partial charge in [-0.3, -0.25) is 4.31 Å². The fourth-order valence-corrected chi connectivity index (χ4v) is 2.12. The summed E-state index contributed by atoms with van der Waals surface area (Å²) in [5.74, 6) is 0.540. The summed E-state index contributed by atoms with van der Waals surface area (Å²) in [4.78, 5) is 0. The zero-order chi connectivity index (χ0) is 8.27. The second-order valence-corrected chi connectivity index (χ2v) is 4.07. The third-order valence-corrected chi connectivity index (χ3v) is 3.32. The largest absolute Gasteiger partial charge is 0.393 e. The number of hydrogen-bond donors (Lipinski definition) is 1. The van der Waals surface area contributed by atoms with Crippen LogP contribution in [0.2, 0.25) is 0 Å². The highest BCUT2D eigenvalue weighted by Gasteiger charge is 2.21. The van der Waals surface area contributed by atoms with Crippen molar-refractivity contribution in [3.8, 4) is 0 Å². The molecule has 11 heavy (non-hydrogen) atoms. The Kier molecular flexibility index (Phi) is 3.69. The molecule has 66 valence electrons. The Morgan fingerprint density at radius 2 is 2.00 bits per heavy atom. The van der Waals surface area contributed by atoms with Gasteiger partial charge in [0.25, 0.3) is 0 Å². The van der Waals surface area contributed by atoms with Gasteiger partial charge in [0.1, 0.15) is 0 Å². The molecule has 1 atom stereocenters. The van der Waals surface area contributed by atoms with Crippen LogP contribution in [-0.4, -0.2) is 34.9 Å². The van der Waals surface area contributed by atoms with Gasteiger partial charge in [-0.15, -0.1) is 0 Å². The van der Waals surface area contributed by atoms with E-state index in [1.54, 1.807) is 0 Å². The molecule has 0 aromatic rings. The number of nitrogens with zero attached hydrogens (tertiary/aromatic N) is 1. The molecule has 0 aromatic carbocycles. The second kappa shape index (κ2) is 4.33. The molecule has 0 bridgehead atoms. The highest BCUT2D eigenvalue weighted by molar-refractivity contribution is 7.96. The van der Waals surface area contributed by atoms with E-state index in [0.717, 1.165) is 25.9 Å². The van der Waals surface area contributed by atoms with E-state index < -0.39 is 0 Å². The quantitative estimate of drug-likeness (QED) is 0.641. The molecule has 1 rings (SSSR count). The highest BCUT2D eigenvalue weighted by atomic mass is 32.2. The van der Waals surface area contributed by atoms with Gasteiger partial charge >= 0.3 is 0 Å². The zero-order valence-electron chi connectivity index (χ0n) is 7.29. The van der Waals surface area contributed by atoms with E-state index in [-0.39, 0.29) is 6.10 Å². The van der Waals surface area contributed by atoms with Gasteiger partial charge in [0.2, 0.25) is 0 Å². The molecular weight excluding hydrogens is 158 g/mol. The molecule has 1 fully saturated rings. The lowest BCUT2D eigenvalue weighted by Crippen LogP contribution is -2.32. The van der Waals surface area contributed by atoms with Gasteiger partial charge in [0.05, 0.1) is 6.10 Å². The Balaban J connectivity index is 2.24. The van der Waals surface area contributed by atoms with Crippen LogP contribution in [-0.2, 0) is 0 Å². The first-order valence-electron chi connectivity index (χ1n) is 4.21. The highest BCUT2D eigenvalue weighted by Crippen LogP contribution is 2.23. The van der Waals surface area contributed by atoms with Crippen LogP contribution in [0.4, 0.5) is 0 Å². The van der Waals surface area contributed by atoms with Gasteiger partial charge < -0.3 is 5.11 Å². The lowest BCUT2D eigenvalue weighted by molar-refractivity contribution is 0.0933. The summed E-state index contributed by atoms with van der Waals surface area (Å²) < 4.78 is 2.36. The van der Waals surface area contributed by atoms with E-state index in [0.29, 0.717) is 5.92 Å². The molecule has 0 spiro atoms. The lowest BCUT2D eigenvalue weighted by Gasteiger charge is -2.31. The predicted octanol–water partition coefficient (Wildman–Crippen LogP) is 1.36. The minimum Gasteiger partial charge on any atom is -0.393 e. The molecular formula is C8H17NOS. The summed E-state index contributed by atoms with van der Waals surface area (Å²) in [6.45, 7) is 4.17. The number of piperidine rings is 1. The molecule has 2 nitrogen and oxygen atoms in total. The molecule has 1 saturated heterocycles. The summed E-state index contributed by atoms with van der Waals surface area (Å²) in [7, 11) is 0. The van der Waals surface area contributed by atoms with Crippen LogP contribution < -0.4 is 0 Å². The first-order valence-corrected chi connectivity index (χ1v) is 5.39. The van der Waals surface area contributed by atoms with Crippen molar-refractivity contribution in [1.82, 2.24) is 4.31 Å².